The van der Waals surface area contributed by atoms with E-state index in [2.05, 4.69) is 31.2 Å². The summed E-state index contributed by atoms with van der Waals surface area (Å²) in [4.78, 5) is 0. The quantitative estimate of drug-likeness (QED) is 0.189. The Morgan fingerprint density at radius 1 is 1.24 bits per heavy atom. The Morgan fingerprint density at radius 2 is 1.97 bits per heavy atom. The summed E-state index contributed by atoms with van der Waals surface area (Å²) in [5.74, 6) is 0.821. The molecular formula is C27H41NO4S. The number of ether oxygens (including phenoxy) is 1. The van der Waals surface area contributed by atoms with Crippen LogP contribution in [-0.2, 0) is 16.4 Å². The zero-order valence-electron chi connectivity index (χ0n) is 20.7. The van der Waals surface area contributed by atoms with Gasteiger partial charge < -0.3 is 9.84 Å². The van der Waals surface area contributed by atoms with Crippen molar-refractivity contribution in [1.29, 1.82) is 0 Å². The highest BCUT2D eigenvalue weighted by Gasteiger charge is 2.30. The van der Waals surface area contributed by atoms with Crippen molar-refractivity contribution in [3.05, 3.63) is 58.7 Å². The Labute approximate surface area is 200 Å². The monoisotopic (exact) mass is 475 g/mol. The van der Waals surface area contributed by atoms with Gasteiger partial charge in [0, 0.05) is 18.0 Å². The molecule has 33 heavy (non-hydrogen) atoms. The summed E-state index contributed by atoms with van der Waals surface area (Å²) >= 11 is 0. The minimum atomic E-state index is -3.58. The molecule has 0 saturated carbocycles. The van der Waals surface area contributed by atoms with E-state index in [1.54, 1.807) is 0 Å². The molecule has 6 heteroatoms. The van der Waals surface area contributed by atoms with Crippen molar-refractivity contribution >= 4 is 10.0 Å². The standard InChI is InChI=1S/C27H41NO4S/c1-6-8-10-11-22-18-25(29)27(24-17-21(5)12-13-23(24)20(3)4)26(19-22)32-15-16-33(30,31)28-14-9-7-2/h15-19,23-24,28-29H,3,6-14H2,1-2,4-5H3/b16-15+/t23?,24-/m1/s1. The molecule has 0 saturated heterocycles. The molecule has 0 aromatic heterocycles. The Kier molecular flexibility index (Phi) is 10.7. The number of hydrogen-bond acceptors (Lipinski definition) is 4. The van der Waals surface area contributed by atoms with Crippen LogP contribution in [0, 0.1) is 5.92 Å². The summed E-state index contributed by atoms with van der Waals surface area (Å²) in [6.45, 7) is 12.9. The van der Waals surface area contributed by atoms with Gasteiger partial charge in [0.1, 0.15) is 17.8 Å². The third kappa shape index (κ3) is 8.35. The van der Waals surface area contributed by atoms with Crippen LogP contribution in [0.3, 0.4) is 0 Å². The number of phenols is 1. The fraction of sp³-hybridized carbons (Fsp3) is 0.556. The molecule has 2 rings (SSSR count). The van der Waals surface area contributed by atoms with Crippen LogP contribution in [0.15, 0.2) is 47.6 Å². The number of benzene rings is 1. The van der Waals surface area contributed by atoms with Gasteiger partial charge in [-0.3, -0.25) is 0 Å². The van der Waals surface area contributed by atoms with Gasteiger partial charge in [-0.1, -0.05) is 56.9 Å². The van der Waals surface area contributed by atoms with E-state index >= 15 is 0 Å². The molecule has 0 bridgehead atoms. The summed E-state index contributed by atoms with van der Waals surface area (Å²) < 4.78 is 32.9. The third-order valence-electron chi connectivity index (χ3n) is 6.23. The average Bonchev–Trinajstić information content (AvgIpc) is 2.73. The van der Waals surface area contributed by atoms with Gasteiger partial charge in [0.05, 0.1) is 5.41 Å². The van der Waals surface area contributed by atoms with Crippen LogP contribution in [0.4, 0.5) is 0 Å². The molecule has 0 spiro atoms. The van der Waals surface area contributed by atoms with Gasteiger partial charge in [-0.05, 0) is 69.6 Å². The molecule has 0 aliphatic heterocycles. The van der Waals surface area contributed by atoms with Crippen molar-refractivity contribution in [1.82, 2.24) is 4.72 Å². The molecule has 5 nitrogen and oxygen atoms in total. The van der Waals surface area contributed by atoms with Crippen molar-refractivity contribution < 1.29 is 18.3 Å². The van der Waals surface area contributed by atoms with Gasteiger partial charge in [0.25, 0.3) is 0 Å². The predicted molar refractivity (Wildman–Crippen MR) is 137 cm³/mol. The summed E-state index contributed by atoms with van der Waals surface area (Å²) in [5.41, 5.74) is 4.02. The van der Waals surface area contributed by atoms with Gasteiger partial charge in [-0.2, -0.15) is 0 Å². The SMILES string of the molecule is C=C(C)C1CCC(C)=C[C@H]1c1c(O)cc(CCCCC)cc1O/C=C/S(=O)(=O)NCCCC. The molecule has 0 heterocycles. The Balaban J connectivity index is 2.41. The van der Waals surface area contributed by atoms with E-state index in [0.717, 1.165) is 67.9 Å². The maximum atomic E-state index is 12.2. The molecule has 1 aromatic carbocycles. The van der Waals surface area contributed by atoms with Crippen LogP contribution in [0.2, 0.25) is 0 Å². The number of phenolic OH excluding ortho intramolecular Hbond substituents is 1. The maximum Gasteiger partial charge on any atom is 0.236 e. The third-order valence-corrected chi connectivity index (χ3v) is 7.30. The molecule has 0 amide bonds. The lowest BCUT2D eigenvalue weighted by atomic mass is 9.73. The molecule has 1 aromatic rings. The minimum Gasteiger partial charge on any atom is -0.507 e. The highest BCUT2D eigenvalue weighted by molar-refractivity contribution is 7.92. The lowest BCUT2D eigenvalue weighted by Crippen LogP contribution is -2.22. The summed E-state index contributed by atoms with van der Waals surface area (Å²) in [5, 5.41) is 12.1. The van der Waals surface area contributed by atoms with E-state index in [0.29, 0.717) is 17.9 Å². The van der Waals surface area contributed by atoms with Crippen LogP contribution in [0.5, 0.6) is 11.5 Å². The number of aromatic hydroxyl groups is 1. The first-order valence-corrected chi connectivity index (χ1v) is 13.7. The molecule has 1 aliphatic rings. The number of hydrogen-bond donors (Lipinski definition) is 2. The van der Waals surface area contributed by atoms with Crippen molar-refractivity contribution in [3.63, 3.8) is 0 Å². The van der Waals surface area contributed by atoms with Gasteiger partial charge in [0.15, 0.2) is 0 Å². The smallest absolute Gasteiger partial charge is 0.236 e. The zero-order chi connectivity index (χ0) is 24.4. The lowest BCUT2D eigenvalue weighted by molar-refractivity contribution is 0.410. The van der Waals surface area contributed by atoms with Gasteiger partial charge in [-0.25, -0.2) is 13.1 Å². The average molecular weight is 476 g/mol. The molecule has 1 unspecified atom stereocenters. The van der Waals surface area contributed by atoms with Crippen LogP contribution >= 0.6 is 0 Å². The van der Waals surface area contributed by atoms with E-state index in [4.69, 9.17) is 4.74 Å². The molecule has 0 fully saturated rings. The van der Waals surface area contributed by atoms with E-state index in [1.807, 2.05) is 26.0 Å². The molecular weight excluding hydrogens is 434 g/mol. The number of sulfonamides is 1. The van der Waals surface area contributed by atoms with Gasteiger partial charge in [0.2, 0.25) is 10.0 Å². The second-order valence-electron chi connectivity index (χ2n) is 9.20. The van der Waals surface area contributed by atoms with Crippen molar-refractivity contribution in [3.8, 4) is 11.5 Å². The molecule has 184 valence electrons. The van der Waals surface area contributed by atoms with Crippen LogP contribution < -0.4 is 9.46 Å². The van der Waals surface area contributed by atoms with Gasteiger partial charge >= 0.3 is 0 Å². The highest BCUT2D eigenvalue weighted by Crippen LogP contribution is 2.47. The number of aryl methyl sites for hydroxylation is 1. The van der Waals surface area contributed by atoms with Crippen LogP contribution in [0.25, 0.3) is 0 Å². The molecule has 0 radical (unpaired) electrons. The lowest BCUT2D eigenvalue weighted by Gasteiger charge is -2.32. The zero-order valence-corrected chi connectivity index (χ0v) is 21.5. The van der Waals surface area contributed by atoms with Crippen molar-refractivity contribution in [2.75, 3.05) is 6.54 Å². The Morgan fingerprint density at radius 3 is 2.64 bits per heavy atom. The molecule has 1 aliphatic carbocycles. The molecule has 2 atom stereocenters. The second kappa shape index (κ2) is 13.0. The normalized spacial score (nSPS) is 19.0. The number of allylic oxidation sites excluding steroid dienone is 3. The van der Waals surface area contributed by atoms with E-state index < -0.39 is 10.0 Å². The maximum absolute atomic E-state index is 12.2. The summed E-state index contributed by atoms with van der Waals surface area (Å²) in [6.07, 6.45) is 11.1. The predicted octanol–water partition coefficient (Wildman–Crippen LogP) is 6.71. The largest absolute Gasteiger partial charge is 0.507 e. The summed E-state index contributed by atoms with van der Waals surface area (Å²) in [7, 11) is -3.58. The second-order valence-corrected chi connectivity index (χ2v) is 10.8. The Bertz CT molecular complexity index is 963. The first kappa shape index (κ1) is 27.2. The first-order chi connectivity index (χ1) is 15.7. The number of unbranched alkanes of at least 4 members (excludes halogenated alkanes) is 3. The van der Waals surface area contributed by atoms with E-state index in [-0.39, 0.29) is 17.6 Å². The van der Waals surface area contributed by atoms with E-state index in [9.17, 15) is 13.5 Å². The van der Waals surface area contributed by atoms with E-state index in [1.165, 1.54) is 11.8 Å². The van der Waals surface area contributed by atoms with Gasteiger partial charge in [-0.15, -0.1) is 0 Å². The fourth-order valence-corrected chi connectivity index (χ4v) is 5.07. The summed E-state index contributed by atoms with van der Waals surface area (Å²) in [6, 6.07) is 3.78. The number of nitrogens with one attached hydrogen (secondary N) is 1. The van der Waals surface area contributed by atoms with Crippen molar-refractivity contribution in [2.24, 2.45) is 5.92 Å². The van der Waals surface area contributed by atoms with Crippen molar-refractivity contribution in [2.45, 2.75) is 85.0 Å². The van der Waals surface area contributed by atoms with Crippen LogP contribution in [0.1, 0.15) is 89.7 Å². The topological polar surface area (TPSA) is 75.6 Å². The fourth-order valence-electron chi connectivity index (χ4n) is 4.34. The first-order valence-electron chi connectivity index (χ1n) is 12.2. The molecule has 2 N–H and O–H groups in total. The minimum absolute atomic E-state index is 0.0661. The number of rotatable bonds is 13. The highest BCUT2D eigenvalue weighted by atomic mass is 32.2. The Hall–Kier alpha value is -2.05. The van der Waals surface area contributed by atoms with Crippen LogP contribution in [-0.4, -0.2) is 20.1 Å².